The second-order valence-electron chi connectivity index (χ2n) is 5.00. The van der Waals surface area contributed by atoms with Crippen LogP contribution in [0.15, 0.2) is 0 Å². The maximum Gasteiger partial charge on any atom is 0.125 e. The molecule has 1 aliphatic rings. The van der Waals surface area contributed by atoms with E-state index in [-0.39, 0.29) is 5.54 Å². The molecule has 0 aromatic rings. The molecule has 1 saturated heterocycles. The van der Waals surface area contributed by atoms with Crippen LogP contribution in [0.2, 0.25) is 0 Å². The summed E-state index contributed by atoms with van der Waals surface area (Å²) in [5.41, 5.74) is -0.970. The van der Waals surface area contributed by atoms with Gasteiger partial charge in [0.2, 0.25) is 0 Å². The van der Waals surface area contributed by atoms with Crippen molar-refractivity contribution in [2.75, 3.05) is 19.6 Å². The van der Waals surface area contributed by atoms with Gasteiger partial charge in [-0.15, -0.1) is 0 Å². The molecular formula is C10H21FN2. The molecule has 3 heteroatoms. The van der Waals surface area contributed by atoms with Gasteiger partial charge in [-0.1, -0.05) is 0 Å². The van der Waals surface area contributed by atoms with Crippen LogP contribution in [0.1, 0.15) is 33.6 Å². The zero-order valence-electron chi connectivity index (χ0n) is 8.91. The number of hydrogen-bond donors (Lipinski definition) is 2. The van der Waals surface area contributed by atoms with E-state index in [1.807, 2.05) is 0 Å². The number of hydrogen-bond acceptors (Lipinski definition) is 2. The highest BCUT2D eigenvalue weighted by molar-refractivity contribution is 4.89. The lowest BCUT2D eigenvalue weighted by Gasteiger charge is -2.33. The van der Waals surface area contributed by atoms with Crippen LogP contribution in [0.5, 0.6) is 0 Å². The van der Waals surface area contributed by atoms with Crippen LogP contribution >= 0.6 is 0 Å². The monoisotopic (exact) mass is 188 g/mol. The summed E-state index contributed by atoms with van der Waals surface area (Å²) in [5, 5.41) is 6.40. The molecule has 0 saturated carbocycles. The van der Waals surface area contributed by atoms with Gasteiger partial charge in [0, 0.05) is 12.1 Å². The molecule has 1 heterocycles. The van der Waals surface area contributed by atoms with Crippen molar-refractivity contribution in [3.63, 3.8) is 0 Å². The Morgan fingerprint density at radius 3 is 2.31 bits per heavy atom. The first-order valence-electron chi connectivity index (χ1n) is 5.06. The fourth-order valence-corrected chi connectivity index (χ4v) is 1.48. The van der Waals surface area contributed by atoms with Gasteiger partial charge in [0.05, 0.1) is 0 Å². The molecule has 2 N–H and O–H groups in total. The molecule has 0 aliphatic carbocycles. The van der Waals surface area contributed by atoms with E-state index in [1.165, 1.54) is 0 Å². The highest BCUT2D eigenvalue weighted by Gasteiger charge is 2.32. The van der Waals surface area contributed by atoms with E-state index < -0.39 is 5.67 Å². The van der Waals surface area contributed by atoms with E-state index in [1.54, 1.807) is 0 Å². The minimum atomic E-state index is -0.988. The first-order valence-corrected chi connectivity index (χ1v) is 5.06. The van der Waals surface area contributed by atoms with Crippen molar-refractivity contribution >= 4 is 0 Å². The summed E-state index contributed by atoms with van der Waals surface area (Å²) < 4.78 is 14.0. The standard InChI is InChI=1S/C10H21FN2/c1-9(2,3)13-8-10(11)4-6-12-7-5-10/h12-13H,4-8H2,1-3H3. The Morgan fingerprint density at radius 1 is 1.31 bits per heavy atom. The summed E-state index contributed by atoms with van der Waals surface area (Å²) in [5.74, 6) is 0. The fraction of sp³-hybridized carbons (Fsp3) is 1.00. The van der Waals surface area contributed by atoms with Crippen molar-refractivity contribution in [2.45, 2.75) is 44.8 Å². The van der Waals surface area contributed by atoms with Gasteiger partial charge in [0.15, 0.2) is 0 Å². The summed E-state index contributed by atoms with van der Waals surface area (Å²) >= 11 is 0. The first kappa shape index (κ1) is 10.9. The van der Waals surface area contributed by atoms with Crippen LogP contribution < -0.4 is 10.6 Å². The quantitative estimate of drug-likeness (QED) is 0.685. The van der Waals surface area contributed by atoms with Gasteiger partial charge >= 0.3 is 0 Å². The van der Waals surface area contributed by atoms with E-state index in [0.717, 1.165) is 13.1 Å². The summed E-state index contributed by atoms with van der Waals surface area (Å²) in [4.78, 5) is 0. The molecular weight excluding hydrogens is 167 g/mol. The van der Waals surface area contributed by atoms with Gasteiger partial charge in [0.1, 0.15) is 5.67 Å². The third kappa shape index (κ3) is 4.05. The predicted molar refractivity (Wildman–Crippen MR) is 53.7 cm³/mol. The van der Waals surface area contributed by atoms with Gasteiger partial charge in [0.25, 0.3) is 0 Å². The molecule has 1 rings (SSSR count). The number of alkyl halides is 1. The molecule has 0 spiro atoms. The molecule has 78 valence electrons. The van der Waals surface area contributed by atoms with Crippen molar-refractivity contribution in [1.82, 2.24) is 10.6 Å². The lowest BCUT2D eigenvalue weighted by Crippen LogP contribution is -2.49. The average Bonchev–Trinajstić information content (AvgIpc) is 2.02. The molecule has 0 radical (unpaired) electrons. The van der Waals surface area contributed by atoms with Crippen molar-refractivity contribution in [2.24, 2.45) is 0 Å². The summed E-state index contributed by atoms with van der Waals surface area (Å²) in [6.07, 6.45) is 1.27. The zero-order chi connectivity index (χ0) is 9.95. The molecule has 0 atom stereocenters. The minimum absolute atomic E-state index is 0.0178. The van der Waals surface area contributed by atoms with Gasteiger partial charge < -0.3 is 10.6 Å². The zero-order valence-corrected chi connectivity index (χ0v) is 8.91. The second-order valence-corrected chi connectivity index (χ2v) is 5.00. The first-order chi connectivity index (χ1) is 5.91. The Hall–Kier alpha value is -0.150. The van der Waals surface area contributed by atoms with Crippen LogP contribution in [-0.2, 0) is 0 Å². The summed E-state index contributed by atoms with van der Waals surface area (Å²) in [6, 6.07) is 0. The van der Waals surface area contributed by atoms with Crippen molar-refractivity contribution in [1.29, 1.82) is 0 Å². The van der Waals surface area contributed by atoms with E-state index in [0.29, 0.717) is 19.4 Å². The summed E-state index contributed by atoms with van der Waals surface area (Å²) in [6.45, 7) is 8.30. The number of halogens is 1. The van der Waals surface area contributed by atoms with E-state index in [2.05, 4.69) is 31.4 Å². The minimum Gasteiger partial charge on any atom is -0.316 e. The van der Waals surface area contributed by atoms with Crippen LogP contribution in [-0.4, -0.2) is 30.8 Å². The normalized spacial score (nSPS) is 23.1. The van der Waals surface area contributed by atoms with E-state index >= 15 is 0 Å². The molecule has 2 nitrogen and oxygen atoms in total. The van der Waals surface area contributed by atoms with Crippen molar-refractivity contribution < 1.29 is 4.39 Å². The SMILES string of the molecule is CC(C)(C)NCC1(F)CCNCC1. The Bertz CT molecular complexity index is 157. The lowest BCUT2D eigenvalue weighted by atomic mass is 9.93. The topological polar surface area (TPSA) is 24.1 Å². The van der Waals surface area contributed by atoms with E-state index in [4.69, 9.17) is 0 Å². The van der Waals surface area contributed by atoms with Crippen molar-refractivity contribution in [3.05, 3.63) is 0 Å². The largest absolute Gasteiger partial charge is 0.316 e. The predicted octanol–water partition coefficient (Wildman–Crippen LogP) is 1.47. The van der Waals surface area contributed by atoms with Crippen molar-refractivity contribution in [3.8, 4) is 0 Å². The van der Waals surface area contributed by atoms with Crippen LogP contribution in [0, 0.1) is 0 Å². The van der Waals surface area contributed by atoms with E-state index in [9.17, 15) is 4.39 Å². The third-order valence-electron chi connectivity index (χ3n) is 2.44. The molecule has 0 amide bonds. The highest BCUT2D eigenvalue weighted by Crippen LogP contribution is 2.22. The molecule has 1 fully saturated rings. The molecule has 1 aliphatic heterocycles. The smallest absolute Gasteiger partial charge is 0.125 e. The number of rotatable bonds is 2. The maximum absolute atomic E-state index is 14.0. The number of piperidine rings is 1. The van der Waals surface area contributed by atoms with Gasteiger partial charge in [-0.05, 0) is 46.7 Å². The Kier molecular flexibility index (Phi) is 3.30. The third-order valence-corrected chi connectivity index (χ3v) is 2.44. The molecule has 0 aromatic heterocycles. The number of nitrogens with one attached hydrogen (secondary N) is 2. The van der Waals surface area contributed by atoms with Gasteiger partial charge in [-0.25, -0.2) is 4.39 Å². The Morgan fingerprint density at radius 2 is 1.85 bits per heavy atom. The highest BCUT2D eigenvalue weighted by atomic mass is 19.1. The molecule has 0 bridgehead atoms. The lowest BCUT2D eigenvalue weighted by molar-refractivity contribution is 0.105. The Balaban J connectivity index is 2.33. The fourth-order valence-electron chi connectivity index (χ4n) is 1.48. The maximum atomic E-state index is 14.0. The molecule has 0 unspecified atom stereocenters. The molecule has 13 heavy (non-hydrogen) atoms. The Labute approximate surface area is 80.3 Å². The second kappa shape index (κ2) is 3.93. The van der Waals surface area contributed by atoms with Crippen LogP contribution in [0.4, 0.5) is 4.39 Å². The van der Waals surface area contributed by atoms with Gasteiger partial charge in [-0.2, -0.15) is 0 Å². The van der Waals surface area contributed by atoms with Crippen LogP contribution in [0.3, 0.4) is 0 Å². The van der Waals surface area contributed by atoms with Gasteiger partial charge in [-0.3, -0.25) is 0 Å². The van der Waals surface area contributed by atoms with Crippen LogP contribution in [0.25, 0.3) is 0 Å². The molecule has 0 aromatic carbocycles. The average molecular weight is 188 g/mol. The summed E-state index contributed by atoms with van der Waals surface area (Å²) in [7, 11) is 0.